The number of nitrogens with one attached hydrogen (secondary N) is 1. The van der Waals surface area contributed by atoms with Crippen molar-refractivity contribution in [3.63, 3.8) is 0 Å². The SMILES string of the molecule is CC(NC(=O)C1(N)C2CCCOC2C1(C)C)c1ccc(Cl)s1.Cl. The molecule has 1 amide bonds. The molecule has 2 heterocycles. The molecule has 1 aromatic rings. The third kappa shape index (κ3) is 2.81. The van der Waals surface area contributed by atoms with Crippen molar-refractivity contribution in [2.45, 2.75) is 51.3 Å². The molecule has 4 unspecified atom stereocenters. The first-order chi connectivity index (χ1) is 10.3. The summed E-state index contributed by atoms with van der Waals surface area (Å²) >= 11 is 7.45. The van der Waals surface area contributed by atoms with Gasteiger partial charge in [0.05, 0.1) is 16.5 Å². The van der Waals surface area contributed by atoms with Gasteiger partial charge in [-0.25, -0.2) is 0 Å². The summed E-state index contributed by atoms with van der Waals surface area (Å²) in [5, 5.41) is 3.07. The molecular formula is C16H24Cl2N2O2S. The van der Waals surface area contributed by atoms with Crippen LogP contribution in [0.4, 0.5) is 0 Å². The van der Waals surface area contributed by atoms with E-state index in [0.717, 1.165) is 28.7 Å². The highest BCUT2D eigenvalue weighted by atomic mass is 35.5. The Bertz CT molecular complexity index is 592. The molecule has 0 bridgehead atoms. The standard InChI is InChI=1S/C16H23ClN2O2S.ClH/c1-9(11-6-7-12(17)22-11)19-14(20)16(18)10-5-4-8-21-13(10)15(16,2)3;/h6-7,9-10,13H,4-5,8,18H2,1-3H3,(H,19,20);1H. The van der Waals surface area contributed by atoms with Crippen LogP contribution in [0.5, 0.6) is 0 Å². The molecule has 7 heteroatoms. The maximum atomic E-state index is 12.9. The zero-order chi connectivity index (χ0) is 16.1. The second kappa shape index (κ2) is 6.52. The minimum Gasteiger partial charge on any atom is -0.377 e. The number of hydrogen-bond donors (Lipinski definition) is 2. The van der Waals surface area contributed by atoms with E-state index >= 15 is 0 Å². The third-order valence-corrected chi connectivity index (χ3v) is 6.84. The van der Waals surface area contributed by atoms with E-state index in [4.69, 9.17) is 22.1 Å². The Labute approximate surface area is 152 Å². The van der Waals surface area contributed by atoms with E-state index in [1.165, 1.54) is 11.3 Å². The Hall–Kier alpha value is -0.330. The van der Waals surface area contributed by atoms with Crippen molar-refractivity contribution in [2.24, 2.45) is 17.1 Å². The fourth-order valence-electron chi connectivity index (χ4n) is 3.98. The fraction of sp³-hybridized carbons (Fsp3) is 0.688. The molecule has 1 aliphatic carbocycles. The number of thiophene rings is 1. The number of amides is 1. The zero-order valence-corrected chi connectivity index (χ0v) is 16.0. The molecule has 0 aromatic carbocycles. The molecule has 1 saturated carbocycles. The summed E-state index contributed by atoms with van der Waals surface area (Å²) in [6.45, 7) is 6.80. The maximum absolute atomic E-state index is 12.9. The highest BCUT2D eigenvalue weighted by molar-refractivity contribution is 7.16. The summed E-state index contributed by atoms with van der Waals surface area (Å²) < 4.78 is 6.58. The number of ether oxygens (including phenoxy) is 1. The van der Waals surface area contributed by atoms with Crippen LogP contribution in [-0.4, -0.2) is 24.2 Å². The van der Waals surface area contributed by atoms with E-state index in [2.05, 4.69) is 5.32 Å². The first-order valence-electron chi connectivity index (χ1n) is 7.75. The van der Waals surface area contributed by atoms with E-state index < -0.39 is 5.54 Å². The van der Waals surface area contributed by atoms with Gasteiger partial charge in [-0.2, -0.15) is 0 Å². The first-order valence-corrected chi connectivity index (χ1v) is 8.94. The number of fused-ring (bicyclic) bond motifs is 1. The normalized spacial score (nSPS) is 32.9. The van der Waals surface area contributed by atoms with Gasteiger partial charge in [-0.05, 0) is 31.9 Å². The Morgan fingerprint density at radius 1 is 1.52 bits per heavy atom. The molecular weight excluding hydrogens is 355 g/mol. The van der Waals surface area contributed by atoms with Crippen molar-refractivity contribution >= 4 is 41.3 Å². The molecule has 3 N–H and O–H groups in total. The summed E-state index contributed by atoms with van der Waals surface area (Å²) in [7, 11) is 0. The van der Waals surface area contributed by atoms with E-state index in [1.54, 1.807) is 0 Å². The summed E-state index contributed by atoms with van der Waals surface area (Å²) in [6, 6.07) is 3.70. The van der Waals surface area contributed by atoms with Gasteiger partial charge in [-0.15, -0.1) is 23.7 Å². The molecule has 0 spiro atoms. The van der Waals surface area contributed by atoms with Crippen LogP contribution in [0.1, 0.15) is 44.5 Å². The number of hydrogen-bond acceptors (Lipinski definition) is 4. The van der Waals surface area contributed by atoms with Gasteiger partial charge in [0.25, 0.3) is 0 Å². The van der Waals surface area contributed by atoms with Gasteiger partial charge in [-0.3, -0.25) is 4.79 Å². The van der Waals surface area contributed by atoms with Crippen molar-refractivity contribution in [2.75, 3.05) is 6.61 Å². The number of rotatable bonds is 3. The van der Waals surface area contributed by atoms with Gasteiger partial charge in [0.1, 0.15) is 5.54 Å². The zero-order valence-electron chi connectivity index (χ0n) is 13.6. The van der Waals surface area contributed by atoms with Gasteiger partial charge in [0.15, 0.2) is 0 Å². The van der Waals surface area contributed by atoms with Crippen molar-refractivity contribution < 1.29 is 9.53 Å². The highest BCUT2D eigenvalue weighted by Crippen LogP contribution is 2.57. The van der Waals surface area contributed by atoms with Gasteiger partial charge in [0.2, 0.25) is 5.91 Å². The van der Waals surface area contributed by atoms with Gasteiger partial charge < -0.3 is 15.8 Å². The minimum absolute atomic E-state index is 0. The lowest BCUT2D eigenvalue weighted by Gasteiger charge is -2.65. The van der Waals surface area contributed by atoms with Crippen molar-refractivity contribution in [1.82, 2.24) is 5.32 Å². The smallest absolute Gasteiger partial charge is 0.241 e. The Balaban J connectivity index is 0.00000192. The van der Waals surface area contributed by atoms with E-state index in [1.807, 2.05) is 32.9 Å². The fourth-order valence-corrected chi connectivity index (χ4v) is 5.05. The molecule has 0 radical (unpaired) electrons. The molecule has 3 rings (SSSR count). The second-order valence-corrected chi connectivity index (χ2v) is 8.71. The molecule has 4 atom stereocenters. The van der Waals surface area contributed by atoms with Crippen LogP contribution >= 0.6 is 35.3 Å². The summed E-state index contributed by atoms with van der Waals surface area (Å²) in [4.78, 5) is 13.9. The van der Waals surface area contributed by atoms with Crippen molar-refractivity contribution in [1.29, 1.82) is 0 Å². The van der Waals surface area contributed by atoms with E-state index in [0.29, 0.717) is 0 Å². The predicted molar refractivity (Wildman–Crippen MR) is 96.3 cm³/mol. The van der Waals surface area contributed by atoms with Crippen LogP contribution in [0.3, 0.4) is 0 Å². The molecule has 4 nitrogen and oxygen atoms in total. The van der Waals surface area contributed by atoms with Crippen molar-refractivity contribution in [3.05, 3.63) is 21.3 Å². The van der Waals surface area contributed by atoms with Crippen LogP contribution in [0.2, 0.25) is 4.34 Å². The highest BCUT2D eigenvalue weighted by Gasteiger charge is 2.70. The van der Waals surface area contributed by atoms with Crippen LogP contribution in [-0.2, 0) is 9.53 Å². The average Bonchev–Trinajstić information content (AvgIpc) is 2.93. The number of halogens is 2. The minimum atomic E-state index is -0.868. The van der Waals surface area contributed by atoms with Gasteiger partial charge in [0, 0.05) is 22.8 Å². The quantitative estimate of drug-likeness (QED) is 0.845. The summed E-state index contributed by atoms with van der Waals surface area (Å²) in [5.41, 5.74) is 5.38. The summed E-state index contributed by atoms with van der Waals surface area (Å²) in [6.07, 6.45) is 2.01. The van der Waals surface area contributed by atoms with E-state index in [9.17, 15) is 4.79 Å². The average molecular weight is 379 g/mol. The number of carbonyl (C=O) groups is 1. The van der Waals surface area contributed by atoms with Crippen LogP contribution in [0.15, 0.2) is 12.1 Å². The topological polar surface area (TPSA) is 64.4 Å². The number of carbonyl (C=O) groups excluding carboxylic acids is 1. The van der Waals surface area contributed by atoms with Crippen LogP contribution in [0, 0.1) is 11.3 Å². The molecule has 23 heavy (non-hydrogen) atoms. The molecule has 130 valence electrons. The number of nitrogens with two attached hydrogens (primary N) is 1. The lowest BCUT2D eigenvalue weighted by atomic mass is 9.46. The lowest BCUT2D eigenvalue weighted by Crippen LogP contribution is -2.82. The van der Waals surface area contributed by atoms with Gasteiger partial charge >= 0.3 is 0 Å². The maximum Gasteiger partial charge on any atom is 0.241 e. The monoisotopic (exact) mass is 378 g/mol. The Morgan fingerprint density at radius 3 is 2.83 bits per heavy atom. The van der Waals surface area contributed by atoms with E-state index in [-0.39, 0.29) is 41.8 Å². The molecule has 2 fully saturated rings. The molecule has 1 aromatic heterocycles. The Kier molecular flexibility index (Phi) is 5.39. The largest absolute Gasteiger partial charge is 0.377 e. The predicted octanol–water partition coefficient (Wildman–Crippen LogP) is 3.53. The summed E-state index contributed by atoms with van der Waals surface area (Å²) in [5.74, 6) is 0.0247. The van der Waals surface area contributed by atoms with Crippen LogP contribution < -0.4 is 11.1 Å². The first kappa shape index (κ1) is 19.0. The molecule has 1 saturated heterocycles. The third-order valence-electron chi connectivity index (χ3n) is 5.43. The van der Waals surface area contributed by atoms with Gasteiger partial charge in [-0.1, -0.05) is 25.4 Å². The van der Waals surface area contributed by atoms with Crippen molar-refractivity contribution in [3.8, 4) is 0 Å². The van der Waals surface area contributed by atoms with Crippen LogP contribution in [0.25, 0.3) is 0 Å². The molecule has 1 aliphatic heterocycles. The lowest BCUT2D eigenvalue weighted by molar-refractivity contribution is -0.225. The molecule has 2 aliphatic rings. The second-order valence-electron chi connectivity index (χ2n) is 6.97. The Morgan fingerprint density at radius 2 is 2.22 bits per heavy atom.